The first kappa shape index (κ1) is 6.74. The van der Waals surface area contributed by atoms with Crippen molar-refractivity contribution < 1.29 is 23.0 Å². The number of hydrogen-bond acceptors (Lipinski definition) is 3. The van der Waals surface area contributed by atoms with Gasteiger partial charge in [0, 0.05) is 0 Å². The van der Waals surface area contributed by atoms with E-state index in [0.29, 0.717) is 0 Å². The first-order valence-corrected chi connectivity index (χ1v) is 2.20. The van der Waals surface area contributed by atoms with E-state index in [9.17, 15) is 13.6 Å². The summed E-state index contributed by atoms with van der Waals surface area (Å²) in [7, 11) is 0. The Hall–Kier alpha value is -1.38. The van der Waals surface area contributed by atoms with Gasteiger partial charge < -0.3 is 9.47 Å². The molecule has 0 aliphatic carbocycles. The number of ether oxygens (including phenoxy) is 2. The molecular formula is C4HF2NO3. The second-order valence-electron chi connectivity index (χ2n) is 1.51. The molecule has 1 rings (SSSR count). The number of alkyl halides is 2. The highest BCUT2D eigenvalue weighted by Crippen LogP contribution is 2.30. The largest absolute Gasteiger partial charge is 0.611 e. The van der Waals surface area contributed by atoms with Crippen LogP contribution in [0, 0.1) is 6.57 Å². The van der Waals surface area contributed by atoms with Gasteiger partial charge >= 0.3 is 18.5 Å². The van der Waals surface area contributed by atoms with E-state index in [-0.39, 0.29) is 0 Å². The summed E-state index contributed by atoms with van der Waals surface area (Å²) in [6, 6.07) is 0. The zero-order chi connectivity index (χ0) is 7.78. The normalized spacial score (nSPS) is 38.1. The predicted octanol–water partition coefficient (Wildman–Crippen LogP) is 0.991. The van der Waals surface area contributed by atoms with Crippen LogP contribution in [0.4, 0.5) is 13.6 Å². The summed E-state index contributed by atoms with van der Waals surface area (Å²) in [5, 5.41) is 0. The first-order chi connectivity index (χ1) is 4.58. The molecule has 1 aliphatic rings. The maximum atomic E-state index is 12.4. The Bertz CT molecular complexity index is 213. The molecule has 1 fully saturated rings. The highest BCUT2D eigenvalue weighted by molar-refractivity contribution is 5.63. The smallest absolute Gasteiger partial charge is 0.383 e. The highest BCUT2D eigenvalue weighted by atomic mass is 19.2. The first-order valence-electron chi connectivity index (χ1n) is 2.20. The molecule has 2 unspecified atom stereocenters. The van der Waals surface area contributed by atoms with E-state index in [2.05, 4.69) is 14.3 Å². The average Bonchev–Trinajstić information content (AvgIpc) is 2.09. The van der Waals surface area contributed by atoms with Gasteiger partial charge in [-0.25, -0.2) is 16.2 Å². The van der Waals surface area contributed by atoms with E-state index < -0.39 is 18.5 Å². The van der Waals surface area contributed by atoms with Gasteiger partial charge in [-0.15, -0.1) is 4.39 Å². The standard InChI is InChI=1S/C4HF2NO3/c1-7-4(6)2(5)9-3(8)10-4/h2H. The van der Waals surface area contributed by atoms with E-state index >= 15 is 0 Å². The molecule has 0 bridgehead atoms. The Kier molecular flexibility index (Phi) is 1.21. The minimum atomic E-state index is -3.28. The van der Waals surface area contributed by atoms with Gasteiger partial charge in [-0.05, 0) is 0 Å². The van der Waals surface area contributed by atoms with Crippen LogP contribution < -0.4 is 0 Å². The van der Waals surface area contributed by atoms with Crippen LogP contribution in [0.25, 0.3) is 4.85 Å². The molecule has 1 heterocycles. The summed E-state index contributed by atoms with van der Waals surface area (Å²) in [6.07, 6.45) is -4.15. The third-order valence-electron chi connectivity index (χ3n) is 0.859. The number of rotatable bonds is 0. The summed E-state index contributed by atoms with van der Waals surface area (Å²) in [4.78, 5) is 12.1. The Morgan fingerprint density at radius 3 is 2.60 bits per heavy atom. The average molecular weight is 149 g/mol. The highest BCUT2D eigenvalue weighted by Gasteiger charge is 2.62. The minimum Gasteiger partial charge on any atom is -0.383 e. The van der Waals surface area contributed by atoms with Gasteiger partial charge in [-0.1, -0.05) is 0 Å². The third-order valence-corrected chi connectivity index (χ3v) is 0.859. The quantitative estimate of drug-likeness (QED) is 0.293. The van der Waals surface area contributed by atoms with Crippen molar-refractivity contribution in [1.29, 1.82) is 0 Å². The molecule has 0 amide bonds. The number of carbonyl (C=O) groups is 1. The third kappa shape index (κ3) is 0.757. The number of carbonyl (C=O) groups excluding carboxylic acids is 1. The molecular weight excluding hydrogens is 148 g/mol. The molecule has 1 saturated heterocycles. The summed E-state index contributed by atoms with van der Waals surface area (Å²) in [6.45, 7) is 6.07. The lowest BCUT2D eigenvalue weighted by Crippen LogP contribution is -2.27. The van der Waals surface area contributed by atoms with Crippen LogP contribution in [0.15, 0.2) is 0 Å². The van der Waals surface area contributed by atoms with E-state index in [0.717, 1.165) is 0 Å². The molecule has 0 radical (unpaired) electrons. The summed E-state index contributed by atoms with van der Waals surface area (Å²) < 4.78 is 31.6. The van der Waals surface area contributed by atoms with Gasteiger partial charge in [0.1, 0.15) is 0 Å². The Labute approximate surface area is 54.2 Å². The second-order valence-corrected chi connectivity index (χ2v) is 1.51. The fraction of sp³-hybridized carbons (Fsp3) is 0.500. The van der Waals surface area contributed by atoms with E-state index in [1.165, 1.54) is 0 Å². The summed E-state index contributed by atoms with van der Waals surface area (Å²) in [5.74, 6) is -3.28. The van der Waals surface area contributed by atoms with Gasteiger partial charge in [0.05, 0.1) is 0 Å². The van der Waals surface area contributed by atoms with Gasteiger partial charge in [-0.3, -0.25) is 0 Å². The summed E-state index contributed by atoms with van der Waals surface area (Å²) in [5.41, 5.74) is 0. The van der Waals surface area contributed by atoms with Crippen molar-refractivity contribution in [2.45, 2.75) is 12.3 Å². The van der Waals surface area contributed by atoms with Crippen molar-refractivity contribution in [3.05, 3.63) is 11.4 Å². The monoisotopic (exact) mass is 149 g/mol. The van der Waals surface area contributed by atoms with Crippen molar-refractivity contribution in [3.8, 4) is 0 Å². The molecule has 2 atom stereocenters. The van der Waals surface area contributed by atoms with Crippen LogP contribution in [0.1, 0.15) is 0 Å². The molecule has 1 aliphatic heterocycles. The van der Waals surface area contributed by atoms with Crippen molar-refractivity contribution >= 4 is 6.16 Å². The summed E-state index contributed by atoms with van der Waals surface area (Å²) >= 11 is 0. The van der Waals surface area contributed by atoms with Crippen molar-refractivity contribution in [2.75, 3.05) is 0 Å². The fourth-order valence-corrected chi connectivity index (χ4v) is 0.418. The molecule has 4 nitrogen and oxygen atoms in total. The number of cyclic esters (lactones) is 2. The van der Waals surface area contributed by atoms with Gasteiger partial charge in [0.15, 0.2) is 0 Å². The number of hydrogen-bond donors (Lipinski definition) is 0. The van der Waals surface area contributed by atoms with Crippen LogP contribution in [0.2, 0.25) is 0 Å². The minimum absolute atomic E-state index is 1.51. The van der Waals surface area contributed by atoms with E-state index in [1.807, 2.05) is 0 Å². The van der Waals surface area contributed by atoms with Crippen LogP contribution >= 0.6 is 0 Å². The number of nitrogens with zero attached hydrogens (tertiary/aromatic N) is 1. The van der Waals surface area contributed by atoms with Crippen molar-refractivity contribution in [2.24, 2.45) is 0 Å². The van der Waals surface area contributed by atoms with Crippen LogP contribution in [0.3, 0.4) is 0 Å². The molecule has 0 aromatic heterocycles. The molecule has 0 N–H and O–H groups in total. The van der Waals surface area contributed by atoms with Gasteiger partial charge in [-0.2, -0.15) is 4.39 Å². The zero-order valence-corrected chi connectivity index (χ0v) is 4.51. The van der Waals surface area contributed by atoms with Gasteiger partial charge in [0.25, 0.3) is 0 Å². The lowest BCUT2D eigenvalue weighted by Gasteiger charge is -1.99. The van der Waals surface area contributed by atoms with Crippen LogP contribution in [-0.4, -0.2) is 18.5 Å². The molecule has 0 aromatic rings. The molecule has 0 aromatic carbocycles. The molecule has 0 spiro atoms. The topological polar surface area (TPSA) is 39.9 Å². The van der Waals surface area contributed by atoms with Gasteiger partial charge in [0.2, 0.25) is 0 Å². The van der Waals surface area contributed by atoms with Crippen LogP contribution in [0.5, 0.6) is 0 Å². The zero-order valence-electron chi connectivity index (χ0n) is 4.51. The Balaban J connectivity index is 2.83. The molecule has 0 saturated carbocycles. The lowest BCUT2D eigenvalue weighted by molar-refractivity contribution is -0.101. The number of halogens is 2. The lowest BCUT2D eigenvalue weighted by atomic mass is 10.5. The SMILES string of the molecule is [C-]#[N+]C1(F)OC(=O)OC1F. The predicted molar refractivity (Wildman–Crippen MR) is 22.9 cm³/mol. The molecule has 10 heavy (non-hydrogen) atoms. The molecule has 54 valence electrons. The van der Waals surface area contributed by atoms with E-state index in [4.69, 9.17) is 6.57 Å². The van der Waals surface area contributed by atoms with E-state index in [1.54, 1.807) is 0 Å². The maximum absolute atomic E-state index is 12.4. The maximum Gasteiger partial charge on any atom is 0.611 e. The van der Waals surface area contributed by atoms with Crippen LogP contribution in [-0.2, 0) is 9.47 Å². The Morgan fingerprint density at radius 1 is 1.80 bits per heavy atom. The van der Waals surface area contributed by atoms with Crippen molar-refractivity contribution in [1.82, 2.24) is 0 Å². The fourth-order valence-electron chi connectivity index (χ4n) is 0.418. The van der Waals surface area contributed by atoms with Crippen molar-refractivity contribution in [3.63, 3.8) is 0 Å². The second kappa shape index (κ2) is 1.80. The Morgan fingerprint density at radius 2 is 2.40 bits per heavy atom. The molecule has 6 heteroatoms.